The minimum atomic E-state index is -4.03. The molecule has 8 nitrogen and oxygen atoms in total. The van der Waals surface area contributed by atoms with Gasteiger partial charge in [0.15, 0.2) is 21.2 Å². The molecule has 0 spiro atoms. The molecule has 3 aromatic carbocycles. The summed E-state index contributed by atoms with van der Waals surface area (Å²) < 4.78 is 35.5. The lowest BCUT2D eigenvalue weighted by atomic mass is 9.98. The van der Waals surface area contributed by atoms with Crippen LogP contribution in [0.2, 0.25) is 0 Å². The molecule has 0 bridgehead atoms. The van der Waals surface area contributed by atoms with Crippen molar-refractivity contribution in [2.45, 2.75) is 22.5 Å². The van der Waals surface area contributed by atoms with E-state index in [1.165, 1.54) is 24.3 Å². The van der Waals surface area contributed by atoms with Crippen LogP contribution in [0.3, 0.4) is 0 Å². The summed E-state index contributed by atoms with van der Waals surface area (Å²) in [5.74, 6) is -0.923. The summed E-state index contributed by atoms with van der Waals surface area (Å²) in [7, 11) is -4.03. The first-order valence-corrected chi connectivity index (χ1v) is 12.6. The maximum absolute atomic E-state index is 13.2. The number of amides is 2. The minimum absolute atomic E-state index is 0.00849. The predicted octanol–water partition coefficient (Wildman–Crippen LogP) is 3.18. The van der Waals surface area contributed by atoms with Crippen LogP contribution in [0.4, 0.5) is 5.69 Å². The van der Waals surface area contributed by atoms with Crippen molar-refractivity contribution in [3.8, 4) is 16.9 Å². The Hall–Kier alpha value is -3.69. The van der Waals surface area contributed by atoms with Gasteiger partial charge in [-0.15, -0.1) is 0 Å². The number of benzene rings is 3. The molecular formula is C26H26N2O6S. The van der Waals surface area contributed by atoms with E-state index in [-0.39, 0.29) is 43.5 Å². The third-order valence-corrected chi connectivity index (χ3v) is 8.55. The molecule has 0 aliphatic carbocycles. The first kappa shape index (κ1) is 24.4. The van der Waals surface area contributed by atoms with E-state index in [1.807, 2.05) is 48.5 Å². The summed E-state index contributed by atoms with van der Waals surface area (Å²) in [5, 5.41) is 2.80. The van der Waals surface area contributed by atoms with Gasteiger partial charge in [-0.3, -0.25) is 9.59 Å². The number of nitrogens with two attached hydrogens (primary N) is 1. The van der Waals surface area contributed by atoms with E-state index in [4.69, 9.17) is 15.2 Å². The SMILES string of the molecule is NC(=O)C1(S(=O)(=O)c2ccc(OCC(=O)Nc3cccc(-c4ccccc4)c3)cc2)CCOCC1. The average Bonchev–Trinajstić information content (AvgIpc) is 2.88. The lowest BCUT2D eigenvalue weighted by molar-refractivity contribution is -0.123. The van der Waals surface area contributed by atoms with Gasteiger partial charge in [0.2, 0.25) is 5.91 Å². The van der Waals surface area contributed by atoms with Crippen LogP contribution in [0.25, 0.3) is 11.1 Å². The van der Waals surface area contributed by atoms with Gasteiger partial charge in [0.1, 0.15) is 5.75 Å². The fourth-order valence-electron chi connectivity index (χ4n) is 4.04. The van der Waals surface area contributed by atoms with Crippen molar-refractivity contribution in [3.63, 3.8) is 0 Å². The van der Waals surface area contributed by atoms with Gasteiger partial charge >= 0.3 is 0 Å². The molecule has 0 unspecified atom stereocenters. The largest absolute Gasteiger partial charge is 0.484 e. The number of hydrogen-bond donors (Lipinski definition) is 2. The average molecular weight is 495 g/mol. The third kappa shape index (κ3) is 5.21. The lowest BCUT2D eigenvalue weighted by Gasteiger charge is -2.33. The number of hydrogen-bond acceptors (Lipinski definition) is 6. The van der Waals surface area contributed by atoms with Gasteiger partial charge in [-0.2, -0.15) is 0 Å². The Kier molecular flexibility index (Phi) is 7.18. The highest BCUT2D eigenvalue weighted by molar-refractivity contribution is 7.93. The number of primary amides is 1. The van der Waals surface area contributed by atoms with Crippen molar-refractivity contribution in [2.24, 2.45) is 5.73 Å². The highest BCUT2D eigenvalue weighted by Gasteiger charge is 2.51. The second kappa shape index (κ2) is 10.3. The summed E-state index contributed by atoms with van der Waals surface area (Å²) in [4.78, 5) is 24.5. The number of anilines is 1. The second-order valence-corrected chi connectivity index (χ2v) is 10.5. The van der Waals surface area contributed by atoms with Gasteiger partial charge in [-0.25, -0.2) is 8.42 Å². The van der Waals surface area contributed by atoms with Crippen LogP contribution >= 0.6 is 0 Å². The molecule has 0 saturated carbocycles. The molecule has 0 radical (unpaired) electrons. The summed E-state index contributed by atoms with van der Waals surface area (Å²) in [6.07, 6.45) is 0.0170. The monoisotopic (exact) mass is 494 g/mol. The van der Waals surface area contributed by atoms with Crippen LogP contribution in [-0.2, 0) is 24.2 Å². The molecule has 3 aromatic rings. The Morgan fingerprint density at radius 3 is 2.23 bits per heavy atom. The number of nitrogens with one attached hydrogen (secondary N) is 1. The maximum atomic E-state index is 13.2. The van der Waals surface area contributed by atoms with Gasteiger partial charge < -0.3 is 20.5 Å². The van der Waals surface area contributed by atoms with E-state index in [9.17, 15) is 18.0 Å². The number of carbonyl (C=O) groups is 2. The number of ether oxygens (including phenoxy) is 2. The quantitative estimate of drug-likeness (QED) is 0.496. The van der Waals surface area contributed by atoms with E-state index in [1.54, 1.807) is 6.07 Å². The Balaban J connectivity index is 1.39. The summed E-state index contributed by atoms with van der Waals surface area (Å²) in [5.41, 5.74) is 8.14. The van der Waals surface area contributed by atoms with Crippen molar-refractivity contribution in [2.75, 3.05) is 25.1 Å². The van der Waals surface area contributed by atoms with E-state index in [0.717, 1.165) is 11.1 Å². The minimum Gasteiger partial charge on any atom is -0.484 e. The number of sulfone groups is 1. The van der Waals surface area contributed by atoms with Crippen molar-refractivity contribution in [1.82, 2.24) is 0 Å². The number of carbonyl (C=O) groups excluding carboxylic acids is 2. The molecular weight excluding hydrogens is 468 g/mol. The lowest BCUT2D eigenvalue weighted by Crippen LogP contribution is -2.53. The molecule has 9 heteroatoms. The normalized spacial score (nSPS) is 15.2. The van der Waals surface area contributed by atoms with Crippen molar-refractivity contribution in [1.29, 1.82) is 0 Å². The molecule has 182 valence electrons. The van der Waals surface area contributed by atoms with E-state index >= 15 is 0 Å². The van der Waals surface area contributed by atoms with Crippen LogP contribution in [0, 0.1) is 0 Å². The van der Waals surface area contributed by atoms with Crippen LogP contribution in [-0.4, -0.2) is 44.8 Å². The summed E-state index contributed by atoms with van der Waals surface area (Å²) >= 11 is 0. The fourth-order valence-corrected chi connectivity index (χ4v) is 5.96. The summed E-state index contributed by atoms with van der Waals surface area (Å²) in [6.45, 7) is 0.0314. The Morgan fingerprint density at radius 2 is 1.57 bits per heavy atom. The van der Waals surface area contributed by atoms with Crippen molar-refractivity contribution >= 4 is 27.3 Å². The summed E-state index contributed by atoms with van der Waals surface area (Å²) in [6, 6.07) is 22.9. The molecule has 1 saturated heterocycles. The van der Waals surface area contributed by atoms with E-state index < -0.39 is 20.5 Å². The molecule has 1 aliphatic rings. The van der Waals surface area contributed by atoms with Gasteiger partial charge in [0, 0.05) is 18.9 Å². The predicted molar refractivity (Wildman–Crippen MR) is 132 cm³/mol. The van der Waals surface area contributed by atoms with Crippen molar-refractivity contribution in [3.05, 3.63) is 78.9 Å². The topological polar surface area (TPSA) is 125 Å². The standard InChI is InChI=1S/C26H26N2O6S/c27-25(30)26(13-15-33-16-14-26)35(31,32)23-11-9-22(10-12-23)34-18-24(29)28-21-8-4-7-20(17-21)19-5-2-1-3-6-19/h1-12,17H,13-16,18H2,(H2,27,30)(H,28,29). The molecule has 2 amide bonds. The van der Waals surface area contributed by atoms with Crippen LogP contribution in [0.5, 0.6) is 5.75 Å². The molecule has 1 aliphatic heterocycles. The molecule has 35 heavy (non-hydrogen) atoms. The van der Waals surface area contributed by atoms with Gasteiger partial charge in [0.25, 0.3) is 5.91 Å². The maximum Gasteiger partial charge on any atom is 0.262 e. The molecule has 4 rings (SSSR count). The zero-order chi connectivity index (χ0) is 24.9. The van der Waals surface area contributed by atoms with Gasteiger partial charge in [-0.05, 0) is 60.4 Å². The van der Waals surface area contributed by atoms with Gasteiger partial charge in [-0.1, -0.05) is 42.5 Å². The fraction of sp³-hybridized carbons (Fsp3) is 0.231. The smallest absolute Gasteiger partial charge is 0.262 e. The van der Waals surface area contributed by atoms with Crippen molar-refractivity contribution < 1.29 is 27.5 Å². The molecule has 0 atom stereocenters. The zero-order valence-corrected chi connectivity index (χ0v) is 19.8. The highest BCUT2D eigenvalue weighted by atomic mass is 32.2. The first-order chi connectivity index (χ1) is 16.8. The molecule has 1 fully saturated rings. The second-order valence-electron chi connectivity index (χ2n) is 8.23. The Labute approximate surface area is 204 Å². The molecule has 0 aromatic heterocycles. The third-order valence-electron chi connectivity index (χ3n) is 6.02. The molecule has 1 heterocycles. The Morgan fingerprint density at radius 1 is 0.914 bits per heavy atom. The van der Waals surface area contributed by atoms with Crippen LogP contribution in [0.15, 0.2) is 83.8 Å². The van der Waals surface area contributed by atoms with E-state index in [2.05, 4.69) is 5.32 Å². The number of rotatable bonds is 8. The van der Waals surface area contributed by atoms with Crippen LogP contribution < -0.4 is 15.8 Å². The molecule has 3 N–H and O–H groups in total. The van der Waals surface area contributed by atoms with Gasteiger partial charge in [0.05, 0.1) is 4.90 Å². The van der Waals surface area contributed by atoms with Crippen LogP contribution in [0.1, 0.15) is 12.8 Å². The van der Waals surface area contributed by atoms with E-state index in [0.29, 0.717) is 11.4 Å². The zero-order valence-electron chi connectivity index (χ0n) is 19.0. The Bertz CT molecular complexity index is 1300. The highest BCUT2D eigenvalue weighted by Crippen LogP contribution is 2.35. The first-order valence-electron chi connectivity index (χ1n) is 11.1.